The van der Waals surface area contributed by atoms with Gasteiger partial charge >= 0.3 is 0 Å². The first-order valence-corrected chi connectivity index (χ1v) is 4.33. The van der Waals surface area contributed by atoms with Gasteiger partial charge in [-0.1, -0.05) is 18.7 Å². The molecule has 0 saturated carbocycles. The molecule has 0 radical (unpaired) electrons. The lowest BCUT2D eigenvalue weighted by atomic mass is 10.2. The molecular weight excluding hydrogens is 174 g/mol. The zero-order valence-corrected chi connectivity index (χ0v) is 7.14. The molecule has 0 bridgehead atoms. The molecule has 0 aromatic heterocycles. The van der Waals surface area contributed by atoms with Gasteiger partial charge in [-0.2, -0.15) is 0 Å². The van der Waals surface area contributed by atoms with Crippen molar-refractivity contribution in [1.82, 2.24) is 0 Å². The molecular formula is C8H8NO2S-. The van der Waals surface area contributed by atoms with Gasteiger partial charge in [0.2, 0.25) is 0 Å². The van der Waals surface area contributed by atoms with E-state index in [9.17, 15) is 8.76 Å². The summed E-state index contributed by atoms with van der Waals surface area (Å²) >= 11 is -2.25. The maximum atomic E-state index is 10.5. The summed E-state index contributed by atoms with van der Waals surface area (Å²) in [6.07, 6.45) is 0. The van der Waals surface area contributed by atoms with Crippen LogP contribution in [-0.2, 0) is 11.1 Å². The van der Waals surface area contributed by atoms with Crippen molar-refractivity contribution in [1.29, 1.82) is 0 Å². The van der Waals surface area contributed by atoms with Crippen LogP contribution < -0.4 is 5.73 Å². The lowest BCUT2D eigenvalue weighted by molar-refractivity contribution is 0.548. The molecule has 0 heterocycles. The van der Waals surface area contributed by atoms with Crippen molar-refractivity contribution in [3.8, 4) is 0 Å². The second-order valence-corrected chi connectivity index (χ2v) is 3.24. The van der Waals surface area contributed by atoms with Crippen molar-refractivity contribution in [3.63, 3.8) is 0 Å². The zero-order chi connectivity index (χ0) is 9.14. The molecule has 0 aliphatic rings. The topological polar surface area (TPSA) is 66.2 Å². The van der Waals surface area contributed by atoms with E-state index < -0.39 is 11.1 Å². The van der Waals surface area contributed by atoms with Crippen LogP contribution in [0.4, 0.5) is 5.69 Å². The van der Waals surface area contributed by atoms with Crippen molar-refractivity contribution in [2.75, 3.05) is 5.73 Å². The highest BCUT2D eigenvalue weighted by Crippen LogP contribution is 2.15. The Labute approximate surface area is 73.2 Å². The summed E-state index contributed by atoms with van der Waals surface area (Å²) in [5.41, 5.74) is 6.59. The van der Waals surface area contributed by atoms with Crippen LogP contribution in [0.5, 0.6) is 0 Å². The van der Waals surface area contributed by atoms with E-state index in [1.807, 2.05) is 0 Å². The Morgan fingerprint density at radius 1 is 1.42 bits per heavy atom. The van der Waals surface area contributed by atoms with Gasteiger partial charge < -0.3 is 10.3 Å². The monoisotopic (exact) mass is 182 g/mol. The van der Waals surface area contributed by atoms with Crippen LogP contribution in [0.1, 0.15) is 5.56 Å². The Morgan fingerprint density at radius 3 is 2.33 bits per heavy atom. The largest absolute Gasteiger partial charge is 0.768 e. The zero-order valence-electron chi connectivity index (χ0n) is 6.32. The van der Waals surface area contributed by atoms with Gasteiger partial charge in [-0.25, -0.2) is 0 Å². The first-order valence-electron chi connectivity index (χ1n) is 3.25. The molecule has 3 nitrogen and oxygen atoms in total. The third-order valence-corrected chi connectivity index (χ3v) is 2.07. The Balaban J connectivity index is 2.98. The Bertz CT molecular complexity index is 318. The second-order valence-electron chi connectivity index (χ2n) is 2.28. The Hall–Kier alpha value is -1.13. The van der Waals surface area contributed by atoms with Crippen molar-refractivity contribution >= 4 is 21.7 Å². The fourth-order valence-electron chi connectivity index (χ4n) is 0.765. The average Bonchev–Trinajstić information content (AvgIpc) is 2.04. The minimum absolute atomic E-state index is 0.0787. The SMILES string of the molecule is C=C(c1ccc(N)cc1)S(=O)[O-]. The molecule has 0 amide bonds. The lowest BCUT2D eigenvalue weighted by Crippen LogP contribution is -1.91. The van der Waals surface area contributed by atoms with Crippen LogP contribution in [0.3, 0.4) is 0 Å². The molecule has 4 heteroatoms. The summed E-state index contributed by atoms with van der Waals surface area (Å²) in [6.45, 7) is 3.40. The summed E-state index contributed by atoms with van der Waals surface area (Å²) in [4.78, 5) is 0.0787. The van der Waals surface area contributed by atoms with Gasteiger partial charge in [-0.05, 0) is 28.8 Å². The van der Waals surface area contributed by atoms with Gasteiger partial charge in [0.25, 0.3) is 0 Å². The molecule has 1 atom stereocenters. The molecule has 0 saturated heterocycles. The Kier molecular flexibility index (Phi) is 2.62. The Morgan fingerprint density at radius 2 is 1.92 bits per heavy atom. The maximum Gasteiger partial charge on any atom is 0.0314 e. The number of benzene rings is 1. The van der Waals surface area contributed by atoms with E-state index in [0.717, 1.165) is 0 Å². The summed E-state index contributed by atoms with van der Waals surface area (Å²) in [5, 5.41) is 0. The molecule has 1 aromatic carbocycles. The number of anilines is 1. The van der Waals surface area contributed by atoms with Crippen molar-refractivity contribution < 1.29 is 8.76 Å². The average molecular weight is 182 g/mol. The molecule has 1 rings (SSSR count). The van der Waals surface area contributed by atoms with E-state index in [-0.39, 0.29) is 4.91 Å². The number of hydrogen-bond donors (Lipinski definition) is 1. The summed E-state index contributed by atoms with van der Waals surface area (Å²) in [7, 11) is 0. The summed E-state index contributed by atoms with van der Waals surface area (Å²) < 4.78 is 20.9. The minimum atomic E-state index is -2.25. The fraction of sp³-hybridized carbons (Fsp3) is 0. The van der Waals surface area contributed by atoms with E-state index in [2.05, 4.69) is 6.58 Å². The van der Waals surface area contributed by atoms with E-state index in [4.69, 9.17) is 5.73 Å². The third kappa shape index (κ3) is 1.93. The van der Waals surface area contributed by atoms with Crippen LogP contribution in [0.15, 0.2) is 30.8 Å². The molecule has 1 unspecified atom stereocenters. The molecule has 1 aromatic rings. The van der Waals surface area contributed by atoms with Crippen LogP contribution in [-0.4, -0.2) is 8.76 Å². The quantitative estimate of drug-likeness (QED) is 0.550. The van der Waals surface area contributed by atoms with Gasteiger partial charge in [-0.3, -0.25) is 4.21 Å². The maximum absolute atomic E-state index is 10.5. The first kappa shape index (κ1) is 8.96. The number of hydrogen-bond acceptors (Lipinski definition) is 3. The molecule has 2 N–H and O–H groups in total. The normalized spacial score (nSPS) is 12.4. The molecule has 64 valence electrons. The third-order valence-electron chi connectivity index (χ3n) is 1.43. The van der Waals surface area contributed by atoms with Gasteiger partial charge in [0.15, 0.2) is 0 Å². The molecule has 0 fully saturated rings. The highest BCUT2D eigenvalue weighted by Gasteiger charge is 1.97. The first-order chi connectivity index (χ1) is 5.61. The predicted octanol–water partition coefficient (Wildman–Crippen LogP) is 1.12. The highest BCUT2D eigenvalue weighted by molar-refractivity contribution is 7.89. The van der Waals surface area contributed by atoms with Crippen molar-refractivity contribution in [2.24, 2.45) is 0 Å². The highest BCUT2D eigenvalue weighted by atomic mass is 32.2. The number of rotatable bonds is 2. The van der Waals surface area contributed by atoms with Crippen LogP contribution in [0, 0.1) is 0 Å². The van der Waals surface area contributed by atoms with E-state index in [0.29, 0.717) is 11.3 Å². The van der Waals surface area contributed by atoms with Crippen LogP contribution >= 0.6 is 0 Å². The van der Waals surface area contributed by atoms with Crippen LogP contribution in [0.2, 0.25) is 0 Å². The lowest BCUT2D eigenvalue weighted by Gasteiger charge is -2.08. The number of nitrogen functional groups attached to an aromatic ring is 1. The van der Waals surface area contributed by atoms with Gasteiger partial charge in [0.05, 0.1) is 0 Å². The molecule has 0 aliphatic heterocycles. The van der Waals surface area contributed by atoms with E-state index in [1.165, 1.54) is 0 Å². The van der Waals surface area contributed by atoms with Gasteiger partial charge in [-0.15, -0.1) is 0 Å². The minimum Gasteiger partial charge on any atom is -0.768 e. The second kappa shape index (κ2) is 3.51. The summed E-state index contributed by atoms with van der Waals surface area (Å²) in [5.74, 6) is 0. The molecule has 0 aliphatic carbocycles. The molecule has 12 heavy (non-hydrogen) atoms. The summed E-state index contributed by atoms with van der Waals surface area (Å²) in [6, 6.07) is 6.50. The fourth-order valence-corrected chi connectivity index (χ4v) is 1.09. The van der Waals surface area contributed by atoms with Crippen molar-refractivity contribution in [3.05, 3.63) is 36.4 Å². The van der Waals surface area contributed by atoms with Crippen molar-refractivity contribution in [2.45, 2.75) is 0 Å². The van der Waals surface area contributed by atoms with Gasteiger partial charge in [0.1, 0.15) is 0 Å². The van der Waals surface area contributed by atoms with Crippen LogP contribution in [0.25, 0.3) is 4.91 Å². The predicted molar refractivity (Wildman–Crippen MR) is 48.8 cm³/mol. The van der Waals surface area contributed by atoms with E-state index in [1.54, 1.807) is 24.3 Å². The van der Waals surface area contributed by atoms with Gasteiger partial charge in [0, 0.05) is 10.6 Å². The standard InChI is InChI=1S/C8H9NO2S/c1-6(12(10)11)7-2-4-8(9)5-3-7/h2-5H,1,9H2,(H,10,11)/p-1. The molecule has 0 spiro atoms. The smallest absolute Gasteiger partial charge is 0.0314 e. The van der Waals surface area contributed by atoms with E-state index >= 15 is 0 Å². The number of nitrogens with two attached hydrogens (primary N) is 1.